The van der Waals surface area contributed by atoms with Crippen LogP contribution in [0.15, 0.2) is 4.99 Å². The summed E-state index contributed by atoms with van der Waals surface area (Å²) in [5.41, 5.74) is 0. The Labute approximate surface area is 162 Å². The van der Waals surface area contributed by atoms with E-state index in [1.54, 1.807) is 0 Å². The van der Waals surface area contributed by atoms with Gasteiger partial charge in [-0.25, -0.2) is 0 Å². The van der Waals surface area contributed by atoms with Gasteiger partial charge in [-0.1, -0.05) is 53.6 Å². The quantitative estimate of drug-likeness (QED) is 0.380. The molecular formula is C20H45N3Si2. The maximum atomic E-state index is 4.33. The zero-order chi connectivity index (χ0) is 18.8. The molecule has 0 saturated carbocycles. The molecule has 5 heteroatoms. The summed E-state index contributed by atoms with van der Waals surface area (Å²) in [6.07, 6.45) is 6.18. The zero-order valence-corrected chi connectivity index (χ0v) is 20.9. The summed E-state index contributed by atoms with van der Waals surface area (Å²) in [5, 5.41) is 1.25. The van der Waals surface area contributed by atoms with Gasteiger partial charge in [0.05, 0.1) is 12.9 Å². The van der Waals surface area contributed by atoms with Crippen LogP contribution in [-0.4, -0.2) is 74.4 Å². The number of rotatable bonds is 12. The highest BCUT2D eigenvalue weighted by atomic mass is 28.2. The molecular weight excluding hydrogens is 338 g/mol. The van der Waals surface area contributed by atoms with Gasteiger partial charge in [-0.2, -0.15) is 0 Å². The fraction of sp³-hybridized carbons (Fsp3) is 0.950. The maximum Gasteiger partial charge on any atom is 0.0851 e. The number of hydrogen-bond acceptors (Lipinski definition) is 3. The van der Waals surface area contributed by atoms with E-state index in [1.807, 2.05) is 6.34 Å². The van der Waals surface area contributed by atoms with Crippen LogP contribution in [-0.2, 0) is 0 Å². The molecule has 0 amide bonds. The van der Waals surface area contributed by atoms with Crippen LogP contribution in [0.2, 0.25) is 22.2 Å². The number of hydrogen-bond donors (Lipinski definition) is 0. The summed E-state index contributed by atoms with van der Waals surface area (Å²) in [6, 6.07) is 3.02. The van der Waals surface area contributed by atoms with Gasteiger partial charge in [-0.15, -0.1) is 0 Å². The predicted octanol–water partition coefficient (Wildman–Crippen LogP) is 3.41. The van der Waals surface area contributed by atoms with E-state index in [9.17, 15) is 0 Å². The van der Waals surface area contributed by atoms with Gasteiger partial charge >= 0.3 is 0 Å². The van der Waals surface area contributed by atoms with Crippen LogP contribution in [0.4, 0.5) is 0 Å². The molecule has 148 valence electrons. The SMILES string of the molecule is CC(C)(C)[SiH2]CCCN(CCC[SiH2]C(C)(C)C)CCCN1C=NCC1. The molecule has 0 bridgehead atoms. The van der Waals surface area contributed by atoms with Gasteiger partial charge in [0.25, 0.3) is 0 Å². The van der Waals surface area contributed by atoms with Gasteiger partial charge in [-0.05, 0) is 49.0 Å². The first-order valence-corrected chi connectivity index (χ1v) is 14.0. The van der Waals surface area contributed by atoms with Crippen LogP contribution in [0.5, 0.6) is 0 Å². The second kappa shape index (κ2) is 11.6. The Hall–Kier alpha value is -0.136. The van der Waals surface area contributed by atoms with E-state index < -0.39 is 0 Å². The minimum atomic E-state index is 0.0878. The third-order valence-electron chi connectivity index (χ3n) is 4.98. The molecule has 1 aliphatic rings. The van der Waals surface area contributed by atoms with Crippen LogP contribution < -0.4 is 0 Å². The lowest BCUT2D eigenvalue weighted by atomic mass is 10.2. The standard InChI is InChI=1S/C20H45N3Si2/c1-19(2,3)24-16-8-13-22(14-9-17-25-20(4,5)6)11-7-12-23-15-10-21-18-23/h18H,7-17,24-25H2,1-6H3. The van der Waals surface area contributed by atoms with Crippen LogP contribution in [0.1, 0.15) is 60.8 Å². The van der Waals surface area contributed by atoms with Crippen molar-refractivity contribution in [2.75, 3.05) is 39.3 Å². The van der Waals surface area contributed by atoms with Crippen molar-refractivity contribution in [3.05, 3.63) is 0 Å². The van der Waals surface area contributed by atoms with Crippen LogP contribution in [0.25, 0.3) is 0 Å². The van der Waals surface area contributed by atoms with Crippen molar-refractivity contribution in [3.63, 3.8) is 0 Å². The largest absolute Gasteiger partial charge is 0.361 e. The van der Waals surface area contributed by atoms with E-state index >= 15 is 0 Å². The van der Waals surface area contributed by atoms with Crippen molar-refractivity contribution in [2.24, 2.45) is 4.99 Å². The van der Waals surface area contributed by atoms with Gasteiger partial charge in [0.2, 0.25) is 0 Å². The number of aliphatic imine (C=N–C) groups is 1. The van der Waals surface area contributed by atoms with Crippen molar-refractivity contribution < 1.29 is 0 Å². The van der Waals surface area contributed by atoms with Gasteiger partial charge in [0.15, 0.2) is 0 Å². The molecule has 0 aliphatic carbocycles. The van der Waals surface area contributed by atoms with Gasteiger partial charge in [0.1, 0.15) is 0 Å². The lowest BCUT2D eigenvalue weighted by molar-refractivity contribution is 0.261. The second-order valence-electron chi connectivity index (χ2n) is 10.3. The van der Waals surface area contributed by atoms with Crippen molar-refractivity contribution in [1.82, 2.24) is 9.80 Å². The third-order valence-corrected chi connectivity index (χ3v) is 9.69. The topological polar surface area (TPSA) is 18.8 Å². The van der Waals surface area contributed by atoms with Crippen molar-refractivity contribution >= 4 is 25.4 Å². The molecule has 0 fully saturated rings. The van der Waals surface area contributed by atoms with E-state index in [0.717, 1.165) is 13.1 Å². The van der Waals surface area contributed by atoms with E-state index in [2.05, 4.69) is 56.3 Å². The van der Waals surface area contributed by atoms with E-state index in [1.165, 1.54) is 57.5 Å². The summed E-state index contributed by atoms with van der Waals surface area (Å²) in [7, 11) is 0.176. The molecule has 0 atom stereocenters. The highest BCUT2D eigenvalue weighted by Crippen LogP contribution is 2.23. The third kappa shape index (κ3) is 13.7. The predicted molar refractivity (Wildman–Crippen MR) is 121 cm³/mol. The summed E-state index contributed by atoms with van der Waals surface area (Å²) >= 11 is 0. The van der Waals surface area contributed by atoms with Crippen molar-refractivity contribution in [3.8, 4) is 0 Å². The summed E-state index contributed by atoms with van der Waals surface area (Å²) in [4.78, 5) is 9.48. The molecule has 1 heterocycles. The average molecular weight is 384 g/mol. The molecule has 0 aromatic carbocycles. The normalized spacial score (nSPS) is 16.5. The van der Waals surface area contributed by atoms with Crippen molar-refractivity contribution in [2.45, 2.75) is 83.0 Å². The lowest BCUT2D eigenvalue weighted by Gasteiger charge is -2.25. The Morgan fingerprint density at radius 1 is 0.880 bits per heavy atom. The molecule has 25 heavy (non-hydrogen) atoms. The molecule has 1 aliphatic heterocycles. The number of nitrogens with zero attached hydrogens (tertiary/aromatic N) is 3. The van der Waals surface area contributed by atoms with Crippen molar-refractivity contribution in [1.29, 1.82) is 0 Å². The summed E-state index contributed by atoms with van der Waals surface area (Å²) < 4.78 is 0. The highest BCUT2D eigenvalue weighted by Gasteiger charge is 2.13. The Morgan fingerprint density at radius 3 is 1.84 bits per heavy atom. The fourth-order valence-electron chi connectivity index (χ4n) is 3.40. The average Bonchev–Trinajstić information content (AvgIpc) is 2.98. The molecule has 0 saturated heterocycles. The molecule has 0 aromatic rings. The highest BCUT2D eigenvalue weighted by molar-refractivity contribution is 6.39. The molecule has 0 spiro atoms. The van der Waals surface area contributed by atoms with Crippen LogP contribution >= 0.6 is 0 Å². The monoisotopic (exact) mass is 383 g/mol. The Morgan fingerprint density at radius 2 is 1.40 bits per heavy atom. The molecule has 1 rings (SSSR count). The Balaban J connectivity index is 2.25. The van der Waals surface area contributed by atoms with E-state index in [-0.39, 0.29) is 19.0 Å². The van der Waals surface area contributed by atoms with E-state index in [0.29, 0.717) is 10.1 Å². The summed E-state index contributed by atoms with van der Waals surface area (Å²) in [6.45, 7) is 21.8. The molecule has 0 N–H and O–H groups in total. The fourth-order valence-corrected chi connectivity index (χ4v) is 6.47. The summed E-state index contributed by atoms with van der Waals surface area (Å²) in [5.74, 6) is 0. The Kier molecular flexibility index (Phi) is 10.6. The molecule has 0 unspecified atom stereocenters. The minimum absolute atomic E-state index is 0.0878. The van der Waals surface area contributed by atoms with Crippen LogP contribution in [0.3, 0.4) is 0 Å². The zero-order valence-electron chi connectivity index (χ0n) is 18.1. The van der Waals surface area contributed by atoms with Gasteiger partial charge < -0.3 is 9.80 Å². The molecule has 0 radical (unpaired) electrons. The molecule has 0 aromatic heterocycles. The Bertz CT molecular complexity index is 350. The minimum Gasteiger partial charge on any atom is -0.361 e. The van der Waals surface area contributed by atoms with Crippen LogP contribution in [0, 0.1) is 0 Å². The molecule has 3 nitrogen and oxygen atoms in total. The first-order chi connectivity index (χ1) is 11.7. The first kappa shape index (κ1) is 22.9. The maximum absolute atomic E-state index is 4.33. The second-order valence-corrected chi connectivity index (χ2v) is 16.9. The van der Waals surface area contributed by atoms with Gasteiger partial charge in [-0.3, -0.25) is 4.99 Å². The smallest absolute Gasteiger partial charge is 0.0851 e. The first-order valence-electron chi connectivity index (χ1n) is 10.6. The van der Waals surface area contributed by atoms with Gasteiger partial charge in [0, 0.05) is 32.1 Å². The van der Waals surface area contributed by atoms with E-state index in [4.69, 9.17) is 0 Å². The lowest BCUT2D eigenvalue weighted by Crippen LogP contribution is -2.31.